The zero-order chi connectivity index (χ0) is 34.7. The summed E-state index contributed by atoms with van der Waals surface area (Å²) in [6.45, 7) is 3.52. The van der Waals surface area contributed by atoms with E-state index >= 15 is 0 Å². The number of amides is 1. The summed E-state index contributed by atoms with van der Waals surface area (Å²) in [4.78, 5) is 33.7. The smallest absolute Gasteiger partial charge is 0.463 e. The van der Waals surface area contributed by atoms with Gasteiger partial charge in [0.2, 0.25) is 5.91 Å². The second-order valence-corrected chi connectivity index (χ2v) is 14.4. The Bertz CT molecular complexity index is 794. The predicted molar refractivity (Wildman–Crippen MR) is 192 cm³/mol. The predicted octanol–water partition coefficient (Wildman–Crippen LogP) is 9.88. The highest BCUT2D eigenvalue weighted by Gasteiger charge is 2.23. The van der Waals surface area contributed by atoms with Crippen LogP contribution in [0.3, 0.4) is 0 Å². The number of hydrogen-bond acceptors (Lipinski definition) is 7. The fraction of sp³-hybridized carbons (Fsp3) is 0.892. The van der Waals surface area contributed by atoms with E-state index in [9.17, 15) is 24.2 Å². The largest absolute Gasteiger partial charge is 0.472 e. The molecule has 0 radical (unpaired) electrons. The molecule has 0 saturated heterocycles. The summed E-state index contributed by atoms with van der Waals surface area (Å²) in [5.74, 6) is -0.522. The van der Waals surface area contributed by atoms with Crippen molar-refractivity contribution in [2.45, 2.75) is 187 Å². The fourth-order valence-corrected chi connectivity index (χ4v) is 6.01. The normalized spacial score (nSPS) is 13.5. The minimum absolute atomic E-state index is 0.0801. The number of rotatable bonds is 36. The lowest BCUT2D eigenvalue weighted by Crippen LogP contribution is -2.27. The molecule has 0 aliphatic carbocycles. The molecule has 0 saturated carbocycles. The van der Waals surface area contributed by atoms with Crippen LogP contribution >= 0.6 is 7.82 Å². The van der Waals surface area contributed by atoms with Crippen LogP contribution in [0, 0.1) is 0 Å². The maximum atomic E-state index is 12.0. The summed E-state index contributed by atoms with van der Waals surface area (Å²) in [5, 5.41) is 12.6. The molecule has 3 N–H and O–H groups in total. The number of phosphoric ester groups is 1. The highest BCUT2D eigenvalue weighted by Crippen LogP contribution is 2.42. The topological polar surface area (TPSA) is 131 Å². The Labute approximate surface area is 288 Å². The molecule has 0 aliphatic rings. The molecule has 0 heterocycles. The van der Waals surface area contributed by atoms with E-state index in [4.69, 9.17) is 13.8 Å². The molecule has 278 valence electrons. The summed E-state index contributed by atoms with van der Waals surface area (Å²) in [6, 6.07) is 0. The maximum Gasteiger partial charge on any atom is 0.472 e. The first-order valence-corrected chi connectivity index (χ1v) is 20.7. The lowest BCUT2D eigenvalue weighted by Gasteiger charge is -2.15. The highest BCUT2D eigenvalue weighted by molar-refractivity contribution is 7.47. The average molecular weight is 690 g/mol. The van der Waals surface area contributed by atoms with Crippen molar-refractivity contribution >= 4 is 19.7 Å². The van der Waals surface area contributed by atoms with Gasteiger partial charge < -0.3 is 20.1 Å². The van der Waals surface area contributed by atoms with Gasteiger partial charge in [-0.05, 0) is 38.5 Å². The van der Waals surface area contributed by atoms with Gasteiger partial charge in [0.05, 0.1) is 13.2 Å². The first kappa shape index (κ1) is 45.8. The number of carbonyl (C=O) groups is 2. The van der Waals surface area contributed by atoms with Crippen molar-refractivity contribution in [3.8, 4) is 0 Å². The van der Waals surface area contributed by atoms with Crippen LogP contribution < -0.4 is 5.32 Å². The summed E-state index contributed by atoms with van der Waals surface area (Å²) < 4.78 is 26.7. The molecular formula is C37H72NO8P. The number of esters is 1. The number of unbranched alkanes of at least 4 members (excludes halogenated alkanes) is 21. The van der Waals surface area contributed by atoms with Gasteiger partial charge in [-0.15, -0.1) is 0 Å². The first-order valence-electron chi connectivity index (χ1n) is 19.2. The van der Waals surface area contributed by atoms with Gasteiger partial charge in [-0.25, -0.2) is 4.57 Å². The summed E-state index contributed by atoms with van der Waals surface area (Å²) >= 11 is 0. The molecule has 9 nitrogen and oxygen atoms in total. The van der Waals surface area contributed by atoms with Gasteiger partial charge in [-0.1, -0.05) is 142 Å². The van der Waals surface area contributed by atoms with Crippen LogP contribution in [0.15, 0.2) is 12.2 Å². The Morgan fingerprint density at radius 3 is 1.64 bits per heavy atom. The first-order chi connectivity index (χ1) is 22.8. The van der Waals surface area contributed by atoms with E-state index in [0.29, 0.717) is 6.42 Å². The third-order valence-electron chi connectivity index (χ3n) is 8.20. The number of phosphoric acid groups is 1. The lowest BCUT2D eigenvalue weighted by atomic mass is 10.0. The van der Waals surface area contributed by atoms with Gasteiger partial charge in [-0.3, -0.25) is 18.6 Å². The highest BCUT2D eigenvalue weighted by atomic mass is 31.2. The minimum Gasteiger partial charge on any atom is -0.463 e. The Hall–Kier alpha value is -1.25. The Morgan fingerprint density at radius 1 is 0.638 bits per heavy atom. The Balaban J connectivity index is 3.61. The summed E-state index contributed by atoms with van der Waals surface area (Å²) in [7, 11) is -4.41. The number of nitrogens with one attached hydrogen (secondary N) is 1. The third kappa shape index (κ3) is 35.9. The molecule has 1 amide bonds. The molecule has 0 aromatic rings. The number of allylic oxidation sites excluding steroid dienone is 2. The van der Waals surface area contributed by atoms with Gasteiger partial charge >= 0.3 is 13.8 Å². The van der Waals surface area contributed by atoms with Crippen molar-refractivity contribution in [2.24, 2.45) is 0 Å². The van der Waals surface area contributed by atoms with Crippen LogP contribution in [0.25, 0.3) is 0 Å². The summed E-state index contributed by atoms with van der Waals surface area (Å²) in [6.07, 6.45) is 32.8. The van der Waals surface area contributed by atoms with Gasteiger partial charge in [0.1, 0.15) is 12.7 Å². The molecule has 2 atom stereocenters. The Kier molecular flexibility index (Phi) is 33.7. The van der Waals surface area contributed by atoms with Crippen LogP contribution in [0.2, 0.25) is 0 Å². The number of carbonyl (C=O) groups excluding carboxylic acids is 2. The molecule has 0 fully saturated rings. The summed E-state index contributed by atoms with van der Waals surface area (Å²) in [5.41, 5.74) is 0. The SMILES string of the molecule is CCCCC/C=C\CCCCCCCC(=O)NCCOP(=O)(O)OCC(O)COC(=O)CCCCCCCCCCCCCCCC. The zero-order valence-corrected chi connectivity index (χ0v) is 31.1. The second-order valence-electron chi connectivity index (χ2n) is 12.9. The van der Waals surface area contributed by atoms with Crippen LogP contribution in [0.1, 0.15) is 181 Å². The number of hydrogen-bond donors (Lipinski definition) is 3. The molecular weight excluding hydrogens is 617 g/mol. The van der Waals surface area contributed by atoms with Crippen LogP contribution in [-0.4, -0.2) is 54.3 Å². The number of aliphatic hydroxyl groups is 1. The van der Waals surface area contributed by atoms with E-state index in [0.717, 1.165) is 51.4 Å². The molecule has 2 unspecified atom stereocenters. The zero-order valence-electron chi connectivity index (χ0n) is 30.2. The van der Waals surface area contributed by atoms with Crippen LogP contribution in [-0.2, 0) is 27.9 Å². The van der Waals surface area contributed by atoms with Gasteiger partial charge in [0, 0.05) is 19.4 Å². The monoisotopic (exact) mass is 689 g/mol. The molecule has 10 heteroatoms. The molecule has 0 spiro atoms. The molecule has 47 heavy (non-hydrogen) atoms. The van der Waals surface area contributed by atoms with Crippen molar-refractivity contribution in [3.63, 3.8) is 0 Å². The van der Waals surface area contributed by atoms with Crippen molar-refractivity contribution in [1.82, 2.24) is 5.32 Å². The maximum absolute atomic E-state index is 12.0. The van der Waals surface area contributed by atoms with Crippen molar-refractivity contribution in [3.05, 3.63) is 12.2 Å². The molecule has 0 aromatic heterocycles. The van der Waals surface area contributed by atoms with Crippen LogP contribution in [0.4, 0.5) is 0 Å². The number of aliphatic hydroxyl groups excluding tert-OH is 1. The molecule has 0 aliphatic heterocycles. The van der Waals surface area contributed by atoms with E-state index in [1.165, 1.54) is 103 Å². The quantitative estimate of drug-likeness (QED) is 0.0256. The van der Waals surface area contributed by atoms with Crippen LogP contribution in [0.5, 0.6) is 0 Å². The van der Waals surface area contributed by atoms with Crippen molar-refractivity contribution in [1.29, 1.82) is 0 Å². The van der Waals surface area contributed by atoms with E-state index in [-0.39, 0.29) is 32.1 Å². The van der Waals surface area contributed by atoms with E-state index < -0.39 is 26.5 Å². The molecule has 0 rings (SSSR count). The van der Waals surface area contributed by atoms with Gasteiger partial charge in [0.25, 0.3) is 0 Å². The van der Waals surface area contributed by atoms with Crippen molar-refractivity contribution in [2.75, 3.05) is 26.4 Å². The van der Waals surface area contributed by atoms with E-state index in [1.54, 1.807) is 0 Å². The minimum atomic E-state index is -4.41. The van der Waals surface area contributed by atoms with Gasteiger partial charge in [-0.2, -0.15) is 0 Å². The fourth-order valence-electron chi connectivity index (χ4n) is 5.26. The third-order valence-corrected chi connectivity index (χ3v) is 9.18. The van der Waals surface area contributed by atoms with Crippen molar-refractivity contribution < 1.29 is 37.9 Å². The van der Waals surface area contributed by atoms with E-state index in [1.807, 2.05) is 0 Å². The number of ether oxygens (including phenoxy) is 1. The Morgan fingerprint density at radius 2 is 1.09 bits per heavy atom. The molecule has 0 aromatic carbocycles. The second kappa shape index (κ2) is 34.6. The average Bonchev–Trinajstić information content (AvgIpc) is 3.05. The lowest BCUT2D eigenvalue weighted by molar-refractivity contribution is -0.147. The standard InChI is InChI=1S/C37H72NO8P/c1-3-5-7-9-11-13-15-17-18-20-22-24-26-28-30-37(41)44-33-35(39)34-46-47(42,43)45-32-31-38-36(40)29-27-25-23-21-19-16-14-12-10-8-6-4-2/h12,14,35,39H,3-11,13,15-34H2,1-2H3,(H,38,40)(H,42,43)/b14-12-. The molecule has 0 bridgehead atoms. The van der Waals surface area contributed by atoms with Gasteiger partial charge in [0.15, 0.2) is 0 Å². The van der Waals surface area contributed by atoms with E-state index in [2.05, 4.69) is 31.3 Å².